The van der Waals surface area contributed by atoms with Gasteiger partial charge in [0.2, 0.25) is 16.0 Å². The minimum absolute atomic E-state index is 0.351. The van der Waals surface area contributed by atoms with Crippen molar-refractivity contribution in [1.29, 1.82) is 0 Å². The Morgan fingerprint density at radius 3 is 2.16 bits per heavy atom. The fourth-order valence-corrected chi connectivity index (χ4v) is 5.55. The summed E-state index contributed by atoms with van der Waals surface area (Å²) in [4.78, 5) is 23.1. The molecule has 2 aliphatic heterocycles. The van der Waals surface area contributed by atoms with Gasteiger partial charge in [0.15, 0.2) is 0 Å². The molecular weight excluding hydrogens is 527 g/mol. The van der Waals surface area contributed by atoms with Gasteiger partial charge < -0.3 is 19.6 Å². The lowest BCUT2D eigenvalue weighted by Crippen LogP contribution is -2.38. The fraction of sp³-hybridized carbons (Fsp3) is 0.542. The molecule has 1 N–H and O–H groups in total. The summed E-state index contributed by atoms with van der Waals surface area (Å²) in [5.41, 5.74) is 3.11. The van der Waals surface area contributed by atoms with Gasteiger partial charge in [0, 0.05) is 52.3 Å². The summed E-state index contributed by atoms with van der Waals surface area (Å²) in [6.07, 6.45) is -3.03. The number of rotatable bonds is 5. The van der Waals surface area contributed by atoms with Crippen LogP contribution >= 0.6 is 0 Å². The number of anilines is 2. The van der Waals surface area contributed by atoms with Crippen LogP contribution in [0.4, 0.5) is 24.9 Å². The SMILES string of the molecule is CCc1ccc(S(=O)(=O)N2CCc3nc(N4CCOCC4)nc(N(C)C)c3CC2)cc1.O=C(O)C(F)(F)F. The number of ether oxygens (including phenoxy) is 1. The van der Waals surface area contributed by atoms with E-state index in [2.05, 4.69) is 11.8 Å². The van der Waals surface area contributed by atoms with Gasteiger partial charge in [-0.2, -0.15) is 22.5 Å². The Kier molecular flexibility index (Phi) is 9.54. The number of benzene rings is 1. The number of hydrogen-bond donors (Lipinski definition) is 1. The average Bonchev–Trinajstić information content (AvgIpc) is 3.11. The Morgan fingerprint density at radius 2 is 1.63 bits per heavy atom. The van der Waals surface area contributed by atoms with Gasteiger partial charge in [-0.1, -0.05) is 19.1 Å². The predicted octanol–water partition coefficient (Wildman–Crippen LogP) is 2.36. The lowest BCUT2D eigenvalue weighted by atomic mass is 10.1. The monoisotopic (exact) mass is 559 g/mol. The van der Waals surface area contributed by atoms with Crippen molar-refractivity contribution in [2.24, 2.45) is 0 Å². The molecule has 0 radical (unpaired) electrons. The molecule has 0 saturated carbocycles. The molecule has 0 aliphatic carbocycles. The zero-order valence-electron chi connectivity index (χ0n) is 21.5. The van der Waals surface area contributed by atoms with Gasteiger partial charge in [0.05, 0.1) is 23.8 Å². The topological polar surface area (TPSA) is 116 Å². The highest BCUT2D eigenvalue weighted by molar-refractivity contribution is 7.89. The molecule has 1 saturated heterocycles. The second kappa shape index (κ2) is 12.3. The van der Waals surface area contributed by atoms with Gasteiger partial charge >= 0.3 is 12.1 Å². The first-order valence-electron chi connectivity index (χ1n) is 12.1. The summed E-state index contributed by atoms with van der Waals surface area (Å²) in [6.45, 7) is 5.76. The number of alkyl halides is 3. The van der Waals surface area contributed by atoms with Gasteiger partial charge in [-0.15, -0.1) is 0 Å². The van der Waals surface area contributed by atoms with Crippen molar-refractivity contribution in [3.63, 3.8) is 0 Å². The molecule has 1 fully saturated rings. The van der Waals surface area contributed by atoms with Gasteiger partial charge in [-0.3, -0.25) is 0 Å². The Bertz CT molecular complexity index is 1220. The maximum atomic E-state index is 13.3. The van der Waals surface area contributed by atoms with E-state index in [-0.39, 0.29) is 0 Å². The van der Waals surface area contributed by atoms with E-state index in [0.717, 1.165) is 42.1 Å². The smallest absolute Gasteiger partial charge is 0.475 e. The maximum Gasteiger partial charge on any atom is 0.490 e. The Hall–Kier alpha value is -2.97. The summed E-state index contributed by atoms with van der Waals surface area (Å²) in [5.74, 6) is -1.18. The van der Waals surface area contributed by atoms with E-state index >= 15 is 0 Å². The van der Waals surface area contributed by atoms with E-state index in [4.69, 9.17) is 24.6 Å². The third kappa shape index (κ3) is 7.11. The second-order valence-electron chi connectivity index (χ2n) is 8.97. The molecule has 0 spiro atoms. The Labute approximate surface area is 220 Å². The van der Waals surface area contributed by atoms with E-state index < -0.39 is 22.2 Å². The van der Waals surface area contributed by atoms with E-state index in [1.165, 1.54) is 0 Å². The molecule has 1 aromatic carbocycles. The van der Waals surface area contributed by atoms with Crippen LogP contribution in [0.3, 0.4) is 0 Å². The van der Waals surface area contributed by atoms with Crippen molar-refractivity contribution in [3.8, 4) is 0 Å². The van der Waals surface area contributed by atoms with Crippen molar-refractivity contribution >= 4 is 27.8 Å². The molecule has 2 aromatic rings. The summed E-state index contributed by atoms with van der Waals surface area (Å²) >= 11 is 0. The van der Waals surface area contributed by atoms with Gasteiger partial charge in [-0.05, 0) is 30.5 Å². The zero-order valence-corrected chi connectivity index (χ0v) is 22.3. The molecule has 10 nitrogen and oxygen atoms in total. The lowest BCUT2D eigenvalue weighted by molar-refractivity contribution is -0.192. The van der Waals surface area contributed by atoms with E-state index in [1.54, 1.807) is 16.4 Å². The van der Waals surface area contributed by atoms with Crippen LogP contribution < -0.4 is 9.80 Å². The molecule has 38 heavy (non-hydrogen) atoms. The summed E-state index contributed by atoms with van der Waals surface area (Å²) in [5, 5.41) is 7.12. The molecule has 210 valence electrons. The van der Waals surface area contributed by atoms with Crippen molar-refractivity contribution in [2.45, 2.75) is 37.3 Å². The first kappa shape index (κ1) is 29.6. The fourth-order valence-electron chi connectivity index (χ4n) is 4.11. The summed E-state index contributed by atoms with van der Waals surface area (Å²) < 4.78 is 65.3. The molecule has 3 heterocycles. The number of nitrogens with zero attached hydrogens (tertiary/aromatic N) is 5. The highest BCUT2D eigenvalue weighted by atomic mass is 32.2. The van der Waals surface area contributed by atoms with E-state index in [1.807, 2.05) is 31.1 Å². The molecule has 14 heteroatoms. The van der Waals surface area contributed by atoms with E-state index in [9.17, 15) is 21.6 Å². The Balaban J connectivity index is 0.000000505. The first-order chi connectivity index (χ1) is 17.8. The van der Waals surface area contributed by atoms with Crippen LogP contribution in [0.15, 0.2) is 29.2 Å². The second-order valence-corrected chi connectivity index (χ2v) is 10.9. The van der Waals surface area contributed by atoms with Crippen LogP contribution in [0, 0.1) is 0 Å². The highest BCUT2D eigenvalue weighted by Crippen LogP contribution is 2.28. The van der Waals surface area contributed by atoms with Crippen LogP contribution in [0.5, 0.6) is 0 Å². The maximum absolute atomic E-state index is 13.3. The number of fused-ring (bicyclic) bond motifs is 1. The van der Waals surface area contributed by atoms with E-state index in [0.29, 0.717) is 50.0 Å². The number of sulfonamides is 1. The number of morpholine rings is 1. The van der Waals surface area contributed by atoms with Crippen LogP contribution in [-0.4, -0.2) is 93.4 Å². The summed E-state index contributed by atoms with van der Waals surface area (Å²) in [6, 6.07) is 7.22. The number of carboxylic acids is 1. The standard InChI is InChI=1S/C22H31N5O3S.C2HF3O2/c1-4-17-5-7-18(8-6-17)31(28,29)27-11-9-19-20(10-12-27)23-22(24-21(19)25(2)3)26-13-15-30-16-14-26;3-2(4,5)1(6)7/h5-8H,4,9-16H2,1-3H3;(H,6,7). The third-order valence-electron chi connectivity index (χ3n) is 6.20. The number of aromatic nitrogens is 2. The number of aliphatic carboxylic acids is 1. The first-order valence-corrected chi connectivity index (χ1v) is 13.6. The quantitative estimate of drug-likeness (QED) is 0.589. The highest BCUT2D eigenvalue weighted by Gasteiger charge is 2.38. The number of carboxylic acid groups (broad SMARTS) is 1. The number of aryl methyl sites for hydroxylation is 1. The molecule has 4 rings (SSSR count). The van der Waals surface area contributed by atoms with Gasteiger partial charge in [0.1, 0.15) is 5.82 Å². The molecule has 1 aromatic heterocycles. The van der Waals surface area contributed by atoms with Crippen molar-refractivity contribution < 1.29 is 36.2 Å². The number of carbonyl (C=O) groups is 1. The minimum Gasteiger partial charge on any atom is -0.475 e. The number of halogens is 3. The van der Waals surface area contributed by atoms with Crippen molar-refractivity contribution in [3.05, 3.63) is 41.1 Å². The third-order valence-corrected chi connectivity index (χ3v) is 8.11. The van der Waals surface area contributed by atoms with Gasteiger partial charge in [-0.25, -0.2) is 18.2 Å². The Morgan fingerprint density at radius 1 is 1.05 bits per heavy atom. The lowest BCUT2D eigenvalue weighted by Gasteiger charge is -2.28. The normalized spacial score (nSPS) is 16.6. The van der Waals surface area contributed by atoms with Crippen LogP contribution in [0.1, 0.15) is 23.7 Å². The van der Waals surface area contributed by atoms with Gasteiger partial charge in [0.25, 0.3) is 0 Å². The molecular formula is C24H32F3N5O5S. The van der Waals surface area contributed by atoms with Crippen LogP contribution in [-0.2, 0) is 38.8 Å². The minimum atomic E-state index is -5.08. The number of hydrogen-bond acceptors (Lipinski definition) is 8. The molecule has 0 bridgehead atoms. The molecule has 0 unspecified atom stereocenters. The molecule has 2 aliphatic rings. The van der Waals surface area contributed by atoms with Crippen LogP contribution in [0.2, 0.25) is 0 Å². The molecule has 0 amide bonds. The average molecular weight is 560 g/mol. The summed E-state index contributed by atoms with van der Waals surface area (Å²) in [7, 11) is 0.398. The van der Waals surface area contributed by atoms with Crippen molar-refractivity contribution in [1.82, 2.24) is 14.3 Å². The van der Waals surface area contributed by atoms with Crippen LogP contribution in [0.25, 0.3) is 0 Å². The van der Waals surface area contributed by atoms with Crippen molar-refractivity contribution in [2.75, 3.05) is 63.3 Å². The largest absolute Gasteiger partial charge is 0.490 e. The predicted molar refractivity (Wildman–Crippen MR) is 135 cm³/mol. The zero-order chi connectivity index (χ0) is 28.1. The molecule has 0 atom stereocenters.